The molecular weight excluding hydrogens is 206 g/mol. The number of aldehydes is 1. The van der Waals surface area contributed by atoms with Gasteiger partial charge in [0.15, 0.2) is 6.29 Å². The SMILES string of the molecule is CCOCCNC(=O)c1ccccc1C=O. The van der Waals surface area contributed by atoms with Crippen molar-refractivity contribution < 1.29 is 14.3 Å². The monoisotopic (exact) mass is 221 g/mol. The average molecular weight is 221 g/mol. The number of carbonyl (C=O) groups is 2. The molecule has 0 heterocycles. The molecule has 0 radical (unpaired) electrons. The number of hydrogen-bond donors (Lipinski definition) is 1. The highest BCUT2D eigenvalue weighted by Gasteiger charge is 2.08. The second-order valence-electron chi connectivity index (χ2n) is 3.16. The van der Waals surface area contributed by atoms with Gasteiger partial charge in [0.25, 0.3) is 5.91 Å². The van der Waals surface area contributed by atoms with E-state index in [9.17, 15) is 9.59 Å². The summed E-state index contributed by atoms with van der Waals surface area (Å²) < 4.78 is 5.09. The predicted octanol–water partition coefficient (Wildman–Crippen LogP) is 1.27. The van der Waals surface area contributed by atoms with Crippen molar-refractivity contribution >= 4 is 12.2 Å². The lowest BCUT2D eigenvalue weighted by Crippen LogP contribution is -2.28. The second-order valence-corrected chi connectivity index (χ2v) is 3.16. The average Bonchev–Trinajstić information content (AvgIpc) is 2.34. The van der Waals surface area contributed by atoms with Crippen LogP contribution in [0.25, 0.3) is 0 Å². The topological polar surface area (TPSA) is 55.4 Å². The van der Waals surface area contributed by atoms with Crippen LogP contribution in [0.15, 0.2) is 24.3 Å². The summed E-state index contributed by atoms with van der Waals surface area (Å²) in [6.45, 7) is 3.44. The summed E-state index contributed by atoms with van der Waals surface area (Å²) in [6, 6.07) is 6.69. The highest BCUT2D eigenvalue weighted by atomic mass is 16.5. The fourth-order valence-electron chi connectivity index (χ4n) is 1.28. The van der Waals surface area contributed by atoms with E-state index in [-0.39, 0.29) is 5.91 Å². The lowest BCUT2D eigenvalue weighted by molar-refractivity contribution is 0.0918. The van der Waals surface area contributed by atoms with E-state index in [1.807, 2.05) is 6.92 Å². The molecule has 4 nitrogen and oxygen atoms in total. The number of amides is 1. The Bertz CT molecular complexity index is 363. The molecule has 0 unspecified atom stereocenters. The van der Waals surface area contributed by atoms with Crippen molar-refractivity contribution in [1.82, 2.24) is 5.32 Å². The smallest absolute Gasteiger partial charge is 0.252 e. The summed E-state index contributed by atoms with van der Waals surface area (Å²) in [6.07, 6.45) is 0.678. The first-order valence-corrected chi connectivity index (χ1v) is 5.19. The van der Waals surface area contributed by atoms with Crippen LogP contribution in [0.3, 0.4) is 0 Å². The van der Waals surface area contributed by atoms with Gasteiger partial charge in [0.05, 0.1) is 6.61 Å². The largest absolute Gasteiger partial charge is 0.380 e. The van der Waals surface area contributed by atoms with E-state index in [1.165, 1.54) is 0 Å². The van der Waals surface area contributed by atoms with Crippen molar-refractivity contribution in [3.63, 3.8) is 0 Å². The molecule has 0 aliphatic rings. The van der Waals surface area contributed by atoms with Crippen LogP contribution in [-0.4, -0.2) is 32.0 Å². The van der Waals surface area contributed by atoms with Crippen molar-refractivity contribution in [2.75, 3.05) is 19.8 Å². The quantitative estimate of drug-likeness (QED) is 0.581. The van der Waals surface area contributed by atoms with Crippen molar-refractivity contribution in [2.45, 2.75) is 6.92 Å². The zero-order valence-corrected chi connectivity index (χ0v) is 9.23. The third-order valence-electron chi connectivity index (χ3n) is 2.07. The van der Waals surface area contributed by atoms with E-state index < -0.39 is 0 Å². The molecule has 0 atom stereocenters. The van der Waals surface area contributed by atoms with Gasteiger partial charge in [-0.15, -0.1) is 0 Å². The van der Waals surface area contributed by atoms with Gasteiger partial charge in [0.2, 0.25) is 0 Å². The van der Waals surface area contributed by atoms with Gasteiger partial charge < -0.3 is 10.1 Å². The lowest BCUT2D eigenvalue weighted by atomic mass is 10.1. The fourth-order valence-corrected chi connectivity index (χ4v) is 1.28. The number of rotatable bonds is 6. The normalized spacial score (nSPS) is 9.81. The lowest BCUT2D eigenvalue weighted by Gasteiger charge is -2.06. The number of benzene rings is 1. The third kappa shape index (κ3) is 3.47. The van der Waals surface area contributed by atoms with Gasteiger partial charge in [0, 0.05) is 24.3 Å². The Labute approximate surface area is 94.6 Å². The zero-order chi connectivity index (χ0) is 11.8. The standard InChI is InChI=1S/C12H15NO3/c1-2-16-8-7-13-12(15)11-6-4-3-5-10(11)9-14/h3-6,9H,2,7-8H2,1H3,(H,13,15). The second kappa shape index (κ2) is 6.74. The van der Waals surface area contributed by atoms with E-state index in [2.05, 4.69) is 5.32 Å². The summed E-state index contributed by atoms with van der Waals surface area (Å²) in [5, 5.41) is 2.69. The minimum atomic E-state index is -0.248. The fraction of sp³-hybridized carbons (Fsp3) is 0.333. The van der Waals surface area contributed by atoms with E-state index in [4.69, 9.17) is 4.74 Å². The summed E-state index contributed by atoms with van der Waals surface area (Å²) in [4.78, 5) is 22.4. The Morgan fingerprint density at radius 3 is 2.88 bits per heavy atom. The first kappa shape index (κ1) is 12.4. The van der Waals surface area contributed by atoms with Crippen LogP contribution >= 0.6 is 0 Å². The van der Waals surface area contributed by atoms with Gasteiger partial charge in [-0.05, 0) is 13.0 Å². The highest BCUT2D eigenvalue weighted by molar-refractivity contribution is 6.01. The van der Waals surface area contributed by atoms with Crippen LogP contribution < -0.4 is 5.32 Å². The van der Waals surface area contributed by atoms with Crippen LogP contribution in [0.4, 0.5) is 0 Å². The van der Waals surface area contributed by atoms with Gasteiger partial charge in [-0.2, -0.15) is 0 Å². The van der Waals surface area contributed by atoms with Crippen LogP contribution in [0, 0.1) is 0 Å². The minimum absolute atomic E-state index is 0.248. The molecule has 0 fully saturated rings. The van der Waals surface area contributed by atoms with Crippen molar-refractivity contribution in [3.8, 4) is 0 Å². The van der Waals surface area contributed by atoms with Gasteiger partial charge >= 0.3 is 0 Å². The third-order valence-corrected chi connectivity index (χ3v) is 2.07. The molecule has 0 saturated carbocycles. The molecule has 0 aliphatic heterocycles. The van der Waals surface area contributed by atoms with E-state index in [0.717, 1.165) is 0 Å². The maximum Gasteiger partial charge on any atom is 0.252 e. The number of carbonyl (C=O) groups excluding carboxylic acids is 2. The minimum Gasteiger partial charge on any atom is -0.380 e. The predicted molar refractivity (Wildman–Crippen MR) is 60.7 cm³/mol. The Morgan fingerprint density at radius 1 is 1.44 bits per heavy atom. The summed E-state index contributed by atoms with van der Waals surface area (Å²) in [5.41, 5.74) is 0.797. The molecule has 0 saturated heterocycles. The molecule has 1 N–H and O–H groups in total. The van der Waals surface area contributed by atoms with Gasteiger partial charge in [-0.1, -0.05) is 18.2 Å². The summed E-state index contributed by atoms with van der Waals surface area (Å²) in [7, 11) is 0. The molecule has 1 aromatic rings. The molecule has 16 heavy (non-hydrogen) atoms. The van der Waals surface area contributed by atoms with Crippen LogP contribution in [0.2, 0.25) is 0 Å². The van der Waals surface area contributed by atoms with Crippen LogP contribution in [0.1, 0.15) is 27.6 Å². The maximum absolute atomic E-state index is 11.7. The molecular formula is C12H15NO3. The molecule has 4 heteroatoms. The Morgan fingerprint density at radius 2 is 2.19 bits per heavy atom. The molecule has 0 aromatic heterocycles. The first-order chi connectivity index (χ1) is 7.79. The van der Waals surface area contributed by atoms with Gasteiger partial charge in [-0.25, -0.2) is 0 Å². The number of hydrogen-bond acceptors (Lipinski definition) is 3. The van der Waals surface area contributed by atoms with Crippen molar-refractivity contribution in [3.05, 3.63) is 35.4 Å². The molecule has 1 aromatic carbocycles. The number of ether oxygens (including phenoxy) is 1. The molecule has 86 valence electrons. The first-order valence-electron chi connectivity index (χ1n) is 5.19. The number of nitrogens with one attached hydrogen (secondary N) is 1. The Hall–Kier alpha value is -1.68. The molecule has 0 aliphatic carbocycles. The van der Waals surface area contributed by atoms with E-state index in [0.29, 0.717) is 37.2 Å². The molecule has 0 bridgehead atoms. The molecule has 0 spiro atoms. The Balaban J connectivity index is 2.55. The van der Waals surface area contributed by atoms with Crippen molar-refractivity contribution in [2.24, 2.45) is 0 Å². The molecule has 1 rings (SSSR count). The summed E-state index contributed by atoms with van der Waals surface area (Å²) >= 11 is 0. The summed E-state index contributed by atoms with van der Waals surface area (Å²) in [5.74, 6) is -0.248. The van der Waals surface area contributed by atoms with Crippen LogP contribution in [-0.2, 0) is 4.74 Å². The van der Waals surface area contributed by atoms with Crippen molar-refractivity contribution in [1.29, 1.82) is 0 Å². The zero-order valence-electron chi connectivity index (χ0n) is 9.23. The van der Waals surface area contributed by atoms with E-state index >= 15 is 0 Å². The van der Waals surface area contributed by atoms with E-state index in [1.54, 1.807) is 24.3 Å². The van der Waals surface area contributed by atoms with Crippen LogP contribution in [0.5, 0.6) is 0 Å². The highest BCUT2D eigenvalue weighted by Crippen LogP contribution is 2.05. The maximum atomic E-state index is 11.7. The molecule has 1 amide bonds. The Kier molecular flexibility index (Phi) is 5.22. The van der Waals surface area contributed by atoms with Gasteiger partial charge in [0.1, 0.15) is 0 Å². The van der Waals surface area contributed by atoms with Gasteiger partial charge in [-0.3, -0.25) is 9.59 Å².